The molecule has 8 nitrogen and oxygen atoms in total. The molecule has 2 aliphatic rings. The molecule has 3 unspecified atom stereocenters. The number of benzene rings is 1. The van der Waals surface area contributed by atoms with E-state index >= 15 is 0 Å². The van der Waals surface area contributed by atoms with Gasteiger partial charge in [-0.05, 0) is 63.3 Å². The van der Waals surface area contributed by atoms with Gasteiger partial charge in [0.25, 0.3) is 0 Å². The molecule has 4 rings (SSSR count). The van der Waals surface area contributed by atoms with E-state index in [4.69, 9.17) is 19.0 Å². The lowest BCUT2D eigenvalue weighted by atomic mass is 9.96. The number of guanidine groups is 1. The topological polar surface area (TPSA) is 93.8 Å². The molecule has 0 aliphatic carbocycles. The molecular weight excluding hydrogens is 521 g/mol. The largest absolute Gasteiger partial charge is 0.497 e. The van der Waals surface area contributed by atoms with Gasteiger partial charge in [-0.15, -0.1) is 24.0 Å². The fourth-order valence-electron chi connectivity index (χ4n) is 4.25. The van der Waals surface area contributed by atoms with Crippen molar-refractivity contribution in [3.8, 4) is 17.1 Å². The number of methoxy groups -OCH3 is 1. The Kier molecular flexibility index (Phi) is 9.58. The smallest absolute Gasteiger partial charge is 0.226 e. The molecule has 2 aliphatic heterocycles. The molecule has 9 heteroatoms. The molecule has 2 aromatic rings. The first kappa shape index (κ1) is 24.8. The van der Waals surface area contributed by atoms with E-state index in [0.29, 0.717) is 30.0 Å². The Balaban J connectivity index is 0.00000289. The van der Waals surface area contributed by atoms with Gasteiger partial charge in [0.05, 0.1) is 25.4 Å². The van der Waals surface area contributed by atoms with Gasteiger partial charge in [-0.2, -0.15) is 4.98 Å². The monoisotopic (exact) mass is 555 g/mol. The Morgan fingerprint density at radius 1 is 1.19 bits per heavy atom. The first-order valence-electron chi connectivity index (χ1n) is 11.4. The third kappa shape index (κ3) is 6.57. The molecule has 2 saturated heterocycles. The van der Waals surface area contributed by atoms with E-state index in [1.807, 2.05) is 24.3 Å². The third-order valence-electron chi connectivity index (χ3n) is 5.91. The van der Waals surface area contributed by atoms with E-state index in [0.717, 1.165) is 68.9 Å². The average Bonchev–Trinajstić information content (AvgIpc) is 3.54. The van der Waals surface area contributed by atoms with Gasteiger partial charge in [-0.1, -0.05) is 11.6 Å². The zero-order valence-electron chi connectivity index (χ0n) is 18.9. The van der Waals surface area contributed by atoms with Crippen LogP contribution in [0.5, 0.6) is 5.75 Å². The van der Waals surface area contributed by atoms with Crippen molar-refractivity contribution in [2.45, 2.75) is 70.1 Å². The lowest BCUT2D eigenvalue weighted by Gasteiger charge is -2.22. The van der Waals surface area contributed by atoms with Crippen LogP contribution in [0.4, 0.5) is 0 Å². The van der Waals surface area contributed by atoms with E-state index < -0.39 is 0 Å². The van der Waals surface area contributed by atoms with Crippen molar-refractivity contribution in [1.29, 1.82) is 0 Å². The maximum Gasteiger partial charge on any atom is 0.226 e. The summed E-state index contributed by atoms with van der Waals surface area (Å²) in [5.74, 6) is 3.02. The number of hydrogen-bond donors (Lipinski definition) is 2. The zero-order chi connectivity index (χ0) is 21.5. The molecule has 3 heterocycles. The molecule has 2 bridgehead atoms. The quantitative estimate of drug-likeness (QED) is 0.199. The van der Waals surface area contributed by atoms with Crippen LogP contribution >= 0.6 is 24.0 Å². The van der Waals surface area contributed by atoms with Gasteiger partial charge in [0.15, 0.2) is 5.96 Å². The minimum absolute atomic E-state index is 0. The second-order valence-corrected chi connectivity index (χ2v) is 8.17. The van der Waals surface area contributed by atoms with Crippen LogP contribution in [0.2, 0.25) is 0 Å². The summed E-state index contributed by atoms with van der Waals surface area (Å²) in [5.41, 5.74) is 0.925. The second-order valence-electron chi connectivity index (χ2n) is 8.17. The highest BCUT2D eigenvalue weighted by molar-refractivity contribution is 14.0. The first-order valence-corrected chi connectivity index (χ1v) is 11.4. The number of aryl methyl sites for hydroxylation is 1. The minimum atomic E-state index is 0. The maximum atomic E-state index is 5.93. The van der Waals surface area contributed by atoms with Gasteiger partial charge in [0.1, 0.15) is 5.75 Å². The number of rotatable bonds is 10. The number of halogens is 1. The minimum Gasteiger partial charge on any atom is -0.497 e. The molecular formula is C23H34IN5O3. The summed E-state index contributed by atoms with van der Waals surface area (Å²) in [4.78, 5) is 9.24. The van der Waals surface area contributed by atoms with Crippen molar-refractivity contribution in [3.63, 3.8) is 0 Å². The fraction of sp³-hybridized carbons (Fsp3) is 0.609. The molecule has 0 saturated carbocycles. The van der Waals surface area contributed by atoms with E-state index in [2.05, 4.69) is 27.7 Å². The molecule has 3 atom stereocenters. The SMILES string of the molecule is CCNC(=NCCCCCc1nc(-c2ccc(OC)cc2)no1)NC1CC2CCC1O2.I. The van der Waals surface area contributed by atoms with Gasteiger partial charge in [-0.3, -0.25) is 4.99 Å². The molecule has 0 radical (unpaired) electrons. The Morgan fingerprint density at radius 3 is 2.72 bits per heavy atom. The van der Waals surface area contributed by atoms with Crippen LogP contribution in [0.25, 0.3) is 11.4 Å². The average molecular weight is 555 g/mol. The number of fused-ring (bicyclic) bond motifs is 2. The van der Waals surface area contributed by atoms with Crippen LogP contribution in [0.15, 0.2) is 33.8 Å². The molecule has 0 amide bonds. The van der Waals surface area contributed by atoms with E-state index in [-0.39, 0.29) is 24.0 Å². The normalized spacial score (nSPS) is 21.9. The Morgan fingerprint density at radius 2 is 2.03 bits per heavy atom. The molecule has 32 heavy (non-hydrogen) atoms. The van der Waals surface area contributed by atoms with Crippen LogP contribution < -0.4 is 15.4 Å². The Bertz CT molecular complexity index is 858. The molecule has 2 fully saturated rings. The summed E-state index contributed by atoms with van der Waals surface area (Å²) in [5, 5.41) is 11.0. The number of nitrogens with one attached hydrogen (secondary N) is 2. The Hall–Kier alpha value is -1.88. The third-order valence-corrected chi connectivity index (χ3v) is 5.91. The zero-order valence-corrected chi connectivity index (χ0v) is 21.2. The van der Waals surface area contributed by atoms with Gasteiger partial charge in [-0.25, -0.2) is 0 Å². The highest BCUT2D eigenvalue weighted by Gasteiger charge is 2.41. The summed E-state index contributed by atoms with van der Waals surface area (Å²) >= 11 is 0. The molecule has 176 valence electrons. The van der Waals surface area contributed by atoms with Crippen molar-refractivity contribution in [2.24, 2.45) is 4.99 Å². The van der Waals surface area contributed by atoms with Crippen molar-refractivity contribution < 1.29 is 14.0 Å². The van der Waals surface area contributed by atoms with Crippen molar-refractivity contribution in [2.75, 3.05) is 20.2 Å². The number of hydrogen-bond acceptors (Lipinski definition) is 6. The van der Waals surface area contributed by atoms with Crippen molar-refractivity contribution in [1.82, 2.24) is 20.8 Å². The van der Waals surface area contributed by atoms with Gasteiger partial charge < -0.3 is 24.6 Å². The highest BCUT2D eigenvalue weighted by Crippen LogP contribution is 2.34. The molecule has 1 aromatic carbocycles. The molecule has 2 N–H and O–H groups in total. The fourth-order valence-corrected chi connectivity index (χ4v) is 4.25. The van der Waals surface area contributed by atoms with E-state index in [1.54, 1.807) is 7.11 Å². The van der Waals surface area contributed by atoms with Gasteiger partial charge >= 0.3 is 0 Å². The van der Waals surface area contributed by atoms with Crippen LogP contribution in [-0.4, -0.2) is 54.5 Å². The van der Waals surface area contributed by atoms with Crippen molar-refractivity contribution >= 4 is 29.9 Å². The van der Waals surface area contributed by atoms with Crippen molar-refractivity contribution in [3.05, 3.63) is 30.2 Å². The lowest BCUT2D eigenvalue weighted by Crippen LogP contribution is -2.47. The number of nitrogens with zero attached hydrogens (tertiary/aromatic N) is 3. The van der Waals surface area contributed by atoms with Crippen LogP contribution in [0.3, 0.4) is 0 Å². The summed E-state index contributed by atoms with van der Waals surface area (Å²) in [7, 11) is 1.65. The second kappa shape index (κ2) is 12.4. The highest BCUT2D eigenvalue weighted by atomic mass is 127. The van der Waals surface area contributed by atoms with E-state index in [9.17, 15) is 0 Å². The number of unbranched alkanes of at least 4 members (excludes halogenated alkanes) is 2. The maximum absolute atomic E-state index is 5.93. The molecule has 1 aromatic heterocycles. The summed E-state index contributed by atoms with van der Waals surface area (Å²) < 4.78 is 16.5. The van der Waals surface area contributed by atoms with Gasteiger partial charge in [0, 0.05) is 25.1 Å². The summed E-state index contributed by atoms with van der Waals surface area (Å²) in [6.45, 7) is 3.76. The first-order chi connectivity index (χ1) is 15.2. The van der Waals surface area contributed by atoms with Crippen LogP contribution in [0.1, 0.15) is 51.3 Å². The summed E-state index contributed by atoms with van der Waals surface area (Å²) in [6.07, 6.45) is 8.15. The number of aromatic nitrogens is 2. The van der Waals surface area contributed by atoms with Crippen LogP contribution in [0, 0.1) is 0 Å². The predicted octanol–water partition coefficient (Wildman–Crippen LogP) is 3.95. The lowest BCUT2D eigenvalue weighted by molar-refractivity contribution is 0.0992. The Labute approximate surface area is 207 Å². The molecule has 0 spiro atoms. The number of aliphatic imine (C=N–C) groups is 1. The standard InChI is InChI=1S/C23H33N5O3.HI/c1-3-24-23(26-19-15-18-12-13-20(19)30-18)25-14-6-4-5-7-21-27-22(28-31-21)16-8-10-17(29-2)11-9-16;/h8-11,18-20H,3-7,12-15H2,1-2H3,(H2,24,25,26);1H. The summed E-state index contributed by atoms with van der Waals surface area (Å²) in [6, 6.07) is 8.06. The predicted molar refractivity (Wildman–Crippen MR) is 135 cm³/mol. The van der Waals surface area contributed by atoms with Gasteiger partial charge in [0.2, 0.25) is 11.7 Å². The van der Waals surface area contributed by atoms with Crippen LogP contribution in [-0.2, 0) is 11.2 Å². The van der Waals surface area contributed by atoms with E-state index in [1.165, 1.54) is 6.42 Å². The number of ether oxygens (including phenoxy) is 2.